The molecule has 1 aromatic heterocycles. The molecule has 1 aliphatic rings. The summed E-state index contributed by atoms with van der Waals surface area (Å²) in [7, 11) is 1.46. The summed E-state index contributed by atoms with van der Waals surface area (Å²) in [6, 6.07) is 0. The van der Waals surface area contributed by atoms with E-state index in [0.29, 0.717) is 13.1 Å². The number of hydrogen-bond donors (Lipinski definition) is 3. The van der Waals surface area contributed by atoms with Crippen LogP contribution in [0.3, 0.4) is 0 Å². The van der Waals surface area contributed by atoms with Gasteiger partial charge in [-0.3, -0.25) is 13.9 Å². The summed E-state index contributed by atoms with van der Waals surface area (Å²) in [6.07, 6.45) is 3.63. The second kappa shape index (κ2) is 5.93. The number of unbranched alkanes of at least 4 members (excludes halogenated alkanes) is 1. The number of nitrogens with zero attached hydrogens (tertiary/aromatic N) is 2. The zero-order valence-electron chi connectivity index (χ0n) is 12.7. The molecule has 7 nitrogen and oxygen atoms in total. The van der Waals surface area contributed by atoms with Gasteiger partial charge in [0.1, 0.15) is 11.5 Å². The molecule has 1 aliphatic carbocycles. The molecular weight excluding hydrogens is 272 g/mol. The van der Waals surface area contributed by atoms with Crippen LogP contribution in [-0.4, -0.2) is 27.4 Å². The summed E-state index contributed by atoms with van der Waals surface area (Å²) in [5.41, 5.74) is 5.32. The highest BCUT2D eigenvalue weighted by molar-refractivity contribution is 5.60. The van der Waals surface area contributed by atoms with Crippen molar-refractivity contribution in [3.63, 3.8) is 0 Å². The molecule has 0 spiro atoms. The molecule has 2 rings (SSSR count). The summed E-state index contributed by atoms with van der Waals surface area (Å²) < 4.78 is 2.51. The van der Waals surface area contributed by atoms with Crippen molar-refractivity contribution < 1.29 is 5.11 Å². The molecule has 1 aromatic rings. The van der Waals surface area contributed by atoms with Gasteiger partial charge < -0.3 is 16.2 Å². The zero-order chi connectivity index (χ0) is 15.6. The van der Waals surface area contributed by atoms with E-state index in [4.69, 9.17) is 5.73 Å². The number of hydrogen-bond acceptors (Lipinski definition) is 5. The second-order valence-electron chi connectivity index (χ2n) is 5.92. The van der Waals surface area contributed by atoms with E-state index in [2.05, 4.69) is 5.32 Å². The SMILES string of the molecule is CCCCn1c(N)c(NCC2(CO)CC2)c(=O)n(C)c1=O. The van der Waals surface area contributed by atoms with Crippen LogP contribution in [0, 0.1) is 5.41 Å². The number of anilines is 2. The Labute approximate surface area is 123 Å². The number of nitrogens with two attached hydrogens (primary N) is 1. The molecule has 0 unspecified atom stereocenters. The third-order valence-corrected chi connectivity index (χ3v) is 4.25. The van der Waals surface area contributed by atoms with Crippen molar-refractivity contribution in [3.05, 3.63) is 20.8 Å². The van der Waals surface area contributed by atoms with Gasteiger partial charge in [0.15, 0.2) is 0 Å². The lowest BCUT2D eigenvalue weighted by molar-refractivity contribution is 0.219. The fraction of sp³-hybridized carbons (Fsp3) is 0.714. The molecule has 0 atom stereocenters. The molecule has 0 aliphatic heterocycles. The first-order valence-corrected chi connectivity index (χ1v) is 7.40. The van der Waals surface area contributed by atoms with E-state index < -0.39 is 5.56 Å². The zero-order valence-corrected chi connectivity index (χ0v) is 12.7. The molecule has 118 valence electrons. The van der Waals surface area contributed by atoms with Crippen LogP contribution in [0.15, 0.2) is 9.59 Å². The van der Waals surface area contributed by atoms with Gasteiger partial charge in [0, 0.05) is 25.6 Å². The van der Waals surface area contributed by atoms with Crippen LogP contribution < -0.4 is 22.3 Å². The summed E-state index contributed by atoms with van der Waals surface area (Å²) in [6.45, 7) is 3.11. The van der Waals surface area contributed by atoms with Crippen LogP contribution in [0.5, 0.6) is 0 Å². The van der Waals surface area contributed by atoms with E-state index in [1.807, 2.05) is 6.92 Å². The van der Waals surface area contributed by atoms with Crippen molar-refractivity contribution >= 4 is 11.5 Å². The largest absolute Gasteiger partial charge is 0.396 e. The fourth-order valence-corrected chi connectivity index (χ4v) is 2.33. The van der Waals surface area contributed by atoms with Gasteiger partial charge >= 0.3 is 5.69 Å². The Morgan fingerprint density at radius 1 is 1.38 bits per heavy atom. The van der Waals surface area contributed by atoms with E-state index in [1.165, 1.54) is 11.6 Å². The normalized spacial score (nSPS) is 16.0. The maximum absolute atomic E-state index is 12.2. The summed E-state index contributed by atoms with van der Waals surface area (Å²) >= 11 is 0. The monoisotopic (exact) mass is 296 g/mol. The van der Waals surface area contributed by atoms with E-state index in [9.17, 15) is 14.7 Å². The van der Waals surface area contributed by atoms with E-state index in [-0.39, 0.29) is 29.2 Å². The minimum atomic E-state index is -0.418. The van der Waals surface area contributed by atoms with Crippen LogP contribution in [0.25, 0.3) is 0 Å². The number of nitrogen functional groups attached to an aromatic ring is 1. The first-order valence-electron chi connectivity index (χ1n) is 7.40. The van der Waals surface area contributed by atoms with Gasteiger partial charge in [-0.15, -0.1) is 0 Å². The van der Waals surface area contributed by atoms with Crippen LogP contribution >= 0.6 is 0 Å². The van der Waals surface area contributed by atoms with Crippen LogP contribution in [-0.2, 0) is 13.6 Å². The summed E-state index contributed by atoms with van der Waals surface area (Å²) in [5.74, 6) is 0.185. The van der Waals surface area contributed by atoms with E-state index in [0.717, 1.165) is 30.3 Å². The lowest BCUT2D eigenvalue weighted by Crippen LogP contribution is -2.41. The van der Waals surface area contributed by atoms with Crippen LogP contribution in [0.1, 0.15) is 32.6 Å². The Kier molecular flexibility index (Phi) is 4.41. The van der Waals surface area contributed by atoms with Gasteiger partial charge in [0.25, 0.3) is 5.56 Å². The van der Waals surface area contributed by atoms with Gasteiger partial charge in [-0.25, -0.2) is 4.79 Å². The Hall–Kier alpha value is -1.76. The Balaban J connectivity index is 2.33. The molecule has 7 heteroatoms. The quantitative estimate of drug-likeness (QED) is 0.663. The van der Waals surface area contributed by atoms with Crippen molar-refractivity contribution in [1.29, 1.82) is 0 Å². The highest BCUT2D eigenvalue weighted by Gasteiger charge is 2.42. The van der Waals surface area contributed by atoms with Crippen LogP contribution in [0.2, 0.25) is 0 Å². The molecule has 4 N–H and O–H groups in total. The molecule has 21 heavy (non-hydrogen) atoms. The molecule has 1 heterocycles. The van der Waals surface area contributed by atoms with Gasteiger partial charge in [-0.1, -0.05) is 13.3 Å². The Morgan fingerprint density at radius 3 is 2.57 bits per heavy atom. The maximum Gasteiger partial charge on any atom is 0.332 e. The van der Waals surface area contributed by atoms with Gasteiger partial charge in [-0.05, 0) is 19.3 Å². The molecule has 0 saturated heterocycles. The third-order valence-electron chi connectivity index (χ3n) is 4.25. The minimum absolute atomic E-state index is 0.0930. The van der Waals surface area contributed by atoms with Gasteiger partial charge in [-0.2, -0.15) is 0 Å². The molecule has 0 bridgehead atoms. The number of rotatable bonds is 7. The fourth-order valence-electron chi connectivity index (χ4n) is 2.33. The van der Waals surface area contributed by atoms with Crippen molar-refractivity contribution in [2.24, 2.45) is 12.5 Å². The minimum Gasteiger partial charge on any atom is -0.396 e. The molecular formula is C14H24N4O3. The van der Waals surface area contributed by atoms with Gasteiger partial charge in [0.2, 0.25) is 0 Å². The first-order chi connectivity index (χ1) is 9.95. The van der Waals surface area contributed by atoms with Crippen molar-refractivity contribution in [2.75, 3.05) is 24.2 Å². The highest BCUT2D eigenvalue weighted by Crippen LogP contribution is 2.44. The number of aromatic nitrogens is 2. The lowest BCUT2D eigenvalue weighted by Gasteiger charge is -2.18. The van der Waals surface area contributed by atoms with Crippen LogP contribution in [0.4, 0.5) is 11.5 Å². The average Bonchev–Trinajstić information content (AvgIpc) is 3.26. The molecule has 1 saturated carbocycles. The van der Waals surface area contributed by atoms with Crippen molar-refractivity contribution in [3.8, 4) is 0 Å². The molecule has 0 radical (unpaired) electrons. The van der Waals surface area contributed by atoms with Crippen molar-refractivity contribution in [1.82, 2.24) is 9.13 Å². The number of aliphatic hydroxyl groups is 1. The standard InChI is InChI=1S/C14H24N4O3/c1-3-4-7-18-11(15)10(12(20)17(2)13(18)21)16-8-14(9-19)5-6-14/h16,19H,3-9,15H2,1-2H3. The van der Waals surface area contributed by atoms with E-state index in [1.54, 1.807) is 0 Å². The predicted molar refractivity (Wildman–Crippen MR) is 82.5 cm³/mol. The first kappa shape index (κ1) is 15.6. The Morgan fingerprint density at radius 2 is 2.05 bits per heavy atom. The average molecular weight is 296 g/mol. The number of nitrogens with one attached hydrogen (secondary N) is 1. The lowest BCUT2D eigenvalue weighted by atomic mass is 10.1. The highest BCUT2D eigenvalue weighted by atomic mass is 16.3. The van der Waals surface area contributed by atoms with E-state index >= 15 is 0 Å². The Bertz CT molecular complexity index is 628. The summed E-state index contributed by atoms with van der Waals surface area (Å²) in [5, 5.41) is 12.4. The molecule has 0 aromatic carbocycles. The maximum atomic E-state index is 12.2. The second-order valence-corrected chi connectivity index (χ2v) is 5.92. The summed E-state index contributed by atoms with van der Waals surface area (Å²) in [4.78, 5) is 24.3. The molecule has 1 fully saturated rings. The number of aliphatic hydroxyl groups excluding tert-OH is 1. The topological polar surface area (TPSA) is 102 Å². The van der Waals surface area contributed by atoms with Crippen molar-refractivity contribution in [2.45, 2.75) is 39.2 Å². The predicted octanol–water partition coefficient (Wildman–Crippen LogP) is 0.114. The molecule has 0 amide bonds. The smallest absolute Gasteiger partial charge is 0.332 e. The van der Waals surface area contributed by atoms with Gasteiger partial charge in [0.05, 0.1) is 6.61 Å². The third kappa shape index (κ3) is 2.97.